The third-order valence-corrected chi connectivity index (χ3v) is 12.2. The topological polar surface area (TPSA) is 108 Å². The molecule has 368 valence electrons. The molecule has 65 heavy (non-hydrogen) atoms. The molecular weight excluding hydrogens is 799 g/mol. The highest BCUT2D eigenvalue weighted by molar-refractivity contribution is 5.74. The molecule has 0 spiro atoms. The van der Waals surface area contributed by atoms with Crippen molar-refractivity contribution in [1.29, 1.82) is 0 Å². The summed E-state index contributed by atoms with van der Waals surface area (Å²) in [5.41, 5.74) is 9.19. The van der Waals surface area contributed by atoms with Crippen molar-refractivity contribution in [1.82, 2.24) is 47.9 Å². The lowest BCUT2D eigenvalue weighted by molar-refractivity contribution is 0.551. The first-order valence-electron chi connectivity index (χ1n) is 26.9. The Labute approximate surface area is 399 Å². The molecule has 0 aliphatic carbocycles. The third-order valence-electron chi connectivity index (χ3n) is 12.2. The smallest absolute Gasteiger partial charge is 0.0211 e. The zero-order chi connectivity index (χ0) is 45.9. The highest BCUT2D eigenvalue weighted by atomic mass is 14.9. The number of unbranched alkanes of at least 4 members (excludes halogenated alkanes) is 8. The molecule has 0 atom stereocenters. The lowest BCUT2D eigenvalue weighted by atomic mass is 9.93. The fourth-order valence-electron chi connectivity index (χ4n) is 8.23. The van der Waals surface area contributed by atoms with Crippen molar-refractivity contribution in [3.8, 4) is 22.3 Å². The van der Waals surface area contributed by atoms with E-state index in [-0.39, 0.29) is 0 Å². The molecule has 9 nitrogen and oxygen atoms in total. The Bertz CT molecular complexity index is 1520. The van der Waals surface area contributed by atoms with Gasteiger partial charge in [-0.05, 0) is 213 Å². The van der Waals surface area contributed by atoms with Gasteiger partial charge in [0, 0.05) is 19.6 Å². The average Bonchev–Trinajstić information content (AvgIpc) is 3.33. The van der Waals surface area contributed by atoms with Crippen molar-refractivity contribution in [3.05, 3.63) is 83.4 Å². The second-order valence-corrected chi connectivity index (χ2v) is 18.3. The summed E-state index contributed by atoms with van der Waals surface area (Å²) in [7, 11) is 0. The Morgan fingerprint density at radius 3 is 1.06 bits per heavy atom. The summed E-state index contributed by atoms with van der Waals surface area (Å²) in [6.45, 7) is 25.7. The van der Waals surface area contributed by atoms with Crippen molar-refractivity contribution in [2.45, 2.75) is 150 Å². The monoisotopic (exact) mass is 898 g/mol. The van der Waals surface area contributed by atoms with E-state index in [4.69, 9.17) is 0 Å². The van der Waals surface area contributed by atoms with Gasteiger partial charge in [0.2, 0.25) is 0 Å². The fourth-order valence-corrected chi connectivity index (χ4v) is 8.23. The highest BCUT2D eigenvalue weighted by Gasteiger charge is 2.10. The van der Waals surface area contributed by atoms with Gasteiger partial charge >= 0.3 is 0 Å². The molecule has 9 heteroatoms. The number of nitrogens with one attached hydrogen (secondary N) is 9. The lowest BCUT2D eigenvalue weighted by Crippen LogP contribution is -2.25. The van der Waals surface area contributed by atoms with Crippen LogP contribution < -0.4 is 47.9 Å². The van der Waals surface area contributed by atoms with Gasteiger partial charge < -0.3 is 47.9 Å². The van der Waals surface area contributed by atoms with E-state index < -0.39 is 0 Å². The Morgan fingerprint density at radius 2 is 0.615 bits per heavy atom. The molecule has 0 heterocycles. The summed E-state index contributed by atoms with van der Waals surface area (Å²) < 4.78 is 0. The van der Waals surface area contributed by atoms with E-state index in [0.717, 1.165) is 137 Å². The molecule has 0 aliphatic rings. The Kier molecular flexibility index (Phi) is 36.1. The van der Waals surface area contributed by atoms with Crippen LogP contribution in [0, 0.1) is 0 Å². The second kappa shape index (κ2) is 41.5. The van der Waals surface area contributed by atoms with Crippen LogP contribution in [0.5, 0.6) is 0 Å². The molecule has 0 amide bonds. The molecule has 0 saturated carbocycles. The van der Waals surface area contributed by atoms with Crippen LogP contribution in [0.2, 0.25) is 0 Å². The fraction of sp³-hybridized carbons (Fsp3) is 0.679. The molecular formula is C56H99N9. The van der Waals surface area contributed by atoms with Crippen LogP contribution in [0.15, 0.2) is 66.7 Å². The zero-order valence-corrected chi connectivity index (χ0v) is 42.1. The Balaban J connectivity index is 1.47. The van der Waals surface area contributed by atoms with Crippen molar-refractivity contribution in [3.63, 3.8) is 0 Å². The minimum absolute atomic E-state index is 0.847. The van der Waals surface area contributed by atoms with Crippen LogP contribution in [-0.2, 0) is 19.6 Å². The van der Waals surface area contributed by atoms with Crippen LogP contribution in [-0.4, -0.2) is 98.2 Å². The van der Waals surface area contributed by atoms with Gasteiger partial charge in [-0.2, -0.15) is 0 Å². The van der Waals surface area contributed by atoms with E-state index in [1.165, 1.54) is 129 Å². The maximum atomic E-state index is 3.81. The first kappa shape index (κ1) is 56.6. The van der Waals surface area contributed by atoms with E-state index in [1.807, 2.05) is 0 Å². The van der Waals surface area contributed by atoms with Gasteiger partial charge in [0.1, 0.15) is 0 Å². The van der Waals surface area contributed by atoms with E-state index in [9.17, 15) is 0 Å². The first-order chi connectivity index (χ1) is 32.2. The average molecular weight is 898 g/mol. The van der Waals surface area contributed by atoms with E-state index in [0.29, 0.717) is 0 Å². The van der Waals surface area contributed by atoms with Gasteiger partial charge in [-0.25, -0.2) is 0 Å². The quantitative estimate of drug-likeness (QED) is 0.0257. The Hall–Kier alpha value is -2.70. The van der Waals surface area contributed by atoms with Gasteiger partial charge in [-0.3, -0.25) is 0 Å². The van der Waals surface area contributed by atoms with Gasteiger partial charge in [-0.1, -0.05) is 121 Å². The third kappa shape index (κ3) is 29.6. The molecule has 0 unspecified atom stereocenters. The standard InChI is InChI=1S/C56H99N9/c1-4-7-10-13-30-58-33-18-36-60-38-20-41-63-47-50-23-15-25-52(44-50)53-27-28-56(55(46-53)49-65-43-22-40-62-35-17-32-57-29-12-9-6-3)54-26-16-24-51(45-54)48-64-42-21-39-61-37-19-34-59-31-14-11-8-5-2/h15-16,23-28,44-46,57-65H,4-14,17-22,29-43,47-49H2,1-3H3. The minimum Gasteiger partial charge on any atom is -0.317 e. The van der Waals surface area contributed by atoms with Gasteiger partial charge in [0.25, 0.3) is 0 Å². The molecule has 0 fully saturated rings. The molecule has 0 aliphatic heterocycles. The molecule has 0 aromatic heterocycles. The summed E-state index contributed by atoms with van der Waals surface area (Å²) in [4.78, 5) is 0. The van der Waals surface area contributed by atoms with E-state index in [1.54, 1.807) is 0 Å². The van der Waals surface area contributed by atoms with Gasteiger partial charge in [-0.15, -0.1) is 0 Å². The molecule has 3 aromatic rings. The van der Waals surface area contributed by atoms with Crippen molar-refractivity contribution in [2.75, 3.05) is 98.2 Å². The summed E-state index contributed by atoms with van der Waals surface area (Å²) in [6.07, 6.45) is 21.5. The van der Waals surface area contributed by atoms with Crippen LogP contribution >= 0.6 is 0 Å². The molecule has 3 rings (SSSR count). The van der Waals surface area contributed by atoms with E-state index in [2.05, 4.69) is 135 Å². The molecule has 3 aromatic carbocycles. The molecule has 0 radical (unpaired) electrons. The summed E-state index contributed by atoms with van der Waals surface area (Å²) in [5.74, 6) is 0. The minimum atomic E-state index is 0.847. The Morgan fingerprint density at radius 1 is 0.277 bits per heavy atom. The van der Waals surface area contributed by atoms with Crippen LogP contribution in [0.25, 0.3) is 22.3 Å². The number of benzene rings is 3. The number of hydrogen-bond donors (Lipinski definition) is 9. The maximum absolute atomic E-state index is 3.81. The highest BCUT2D eigenvalue weighted by Crippen LogP contribution is 2.30. The van der Waals surface area contributed by atoms with Crippen molar-refractivity contribution < 1.29 is 0 Å². The number of hydrogen-bond acceptors (Lipinski definition) is 9. The van der Waals surface area contributed by atoms with Crippen molar-refractivity contribution >= 4 is 0 Å². The lowest BCUT2D eigenvalue weighted by Gasteiger charge is -2.15. The SMILES string of the molecule is CCCCCCNCCCNCCCNCc1cccc(-c2ccc(-c3cccc(CNCCCNCCCNCCCCCC)c3)c(CNCCCNCCCNCCCCC)c2)c1. The van der Waals surface area contributed by atoms with Crippen LogP contribution in [0.4, 0.5) is 0 Å². The second-order valence-electron chi connectivity index (χ2n) is 18.3. The van der Waals surface area contributed by atoms with Crippen molar-refractivity contribution in [2.24, 2.45) is 0 Å². The summed E-state index contributed by atoms with van der Waals surface area (Å²) >= 11 is 0. The predicted molar refractivity (Wildman–Crippen MR) is 285 cm³/mol. The maximum Gasteiger partial charge on any atom is 0.0211 e. The predicted octanol–water partition coefficient (Wildman–Crippen LogP) is 9.52. The van der Waals surface area contributed by atoms with Crippen LogP contribution in [0.1, 0.15) is 147 Å². The number of rotatable bonds is 46. The van der Waals surface area contributed by atoms with Crippen LogP contribution in [0.3, 0.4) is 0 Å². The first-order valence-corrected chi connectivity index (χ1v) is 26.9. The molecule has 0 bridgehead atoms. The normalized spacial score (nSPS) is 11.6. The van der Waals surface area contributed by atoms with E-state index >= 15 is 0 Å². The summed E-state index contributed by atoms with van der Waals surface area (Å²) in [6, 6.07) is 25.4. The molecule has 0 saturated heterocycles. The van der Waals surface area contributed by atoms with Gasteiger partial charge in [0.05, 0.1) is 0 Å². The van der Waals surface area contributed by atoms with Gasteiger partial charge in [0.15, 0.2) is 0 Å². The zero-order valence-electron chi connectivity index (χ0n) is 42.1. The summed E-state index contributed by atoms with van der Waals surface area (Å²) in [5, 5.41) is 32.9. The largest absolute Gasteiger partial charge is 0.317 e. The molecule has 9 N–H and O–H groups in total.